The lowest BCUT2D eigenvalue weighted by atomic mass is 9.95. The van der Waals surface area contributed by atoms with Crippen molar-refractivity contribution in [3.63, 3.8) is 0 Å². The number of nitrogens with one attached hydrogen (secondary N) is 1. The Labute approximate surface area is 169 Å². The predicted octanol–water partition coefficient (Wildman–Crippen LogP) is 3.67. The number of ether oxygens (including phenoxy) is 3. The van der Waals surface area contributed by atoms with Crippen LogP contribution in [0.3, 0.4) is 0 Å². The number of rotatable bonds is 7. The van der Waals surface area contributed by atoms with Crippen molar-refractivity contribution in [3.8, 4) is 17.2 Å². The second-order valence-corrected chi connectivity index (χ2v) is 7.33. The average Bonchev–Trinajstić information content (AvgIpc) is 3.21. The van der Waals surface area contributed by atoms with Gasteiger partial charge in [-0.2, -0.15) is 0 Å². The number of likely N-dealkylation sites (tertiary alicyclic amines) is 1. The van der Waals surface area contributed by atoms with Crippen LogP contribution in [-0.2, 0) is 4.79 Å². The van der Waals surface area contributed by atoms with Gasteiger partial charge in [-0.3, -0.25) is 4.79 Å². The fourth-order valence-electron chi connectivity index (χ4n) is 3.65. The smallest absolute Gasteiger partial charge is 0.231 e. The van der Waals surface area contributed by atoms with Crippen molar-refractivity contribution >= 4 is 11.6 Å². The van der Waals surface area contributed by atoms with Crippen LogP contribution in [-0.4, -0.2) is 43.8 Å². The van der Waals surface area contributed by atoms with Crippen LogP contribution >= 0.6 is 0 Å². The molecule has 0 atom stereocenters. The van der Waals surface area contributed by atoms with Gasteiger partial charge in [-0.05, 0) is 68.8 Å². The summed E-state index contributed by atoms with van der Waals surface area (Å²) in [4.78, 5) is 14.9. The third-order valence-electron chi connectivity index (χ3n) is 5.30. The van der Waals surface area contributed by atoms with Crippen LogP contribution in [0.15, 0.2) is 42.5 Å². The standard InChI is InChI=1S/C22H25FN2O4/c23-17-2-5-19(6-3-17)27-13-1-10-25-11-8-16(9-12-25)22(26)24-18-4-7-20-21(14-18)29-15-28-20/h2-7,14,16H,1,8-13,15H2,(H,24,26). The first-order valence-electron chi connectivity index (χ1n) is 9.98. The highest BCUT2D eigenvalue weighted by molar-refractivity contribution is 5.93. The second-order valence-electron chi connectivity index (χ2n) is 7.33. The van der Waals surface area contributed by atoms with Crippen molar-refractivity contribution in [3.05, 3.63) is 48.3 Å². The molecule has 0 radical (unpaired) electrons. The molecule has 29 heavy (non-hydrogen) atoms. The topological polar surface area (TPSA) is 60.0 Å². The van der Waals surface area contributed by atoms with Gasteiger partial charge in [-0.15, -0.1) is 0 Å². The summed E-state index contributed by atoms with van der Waals surface area (Å²) in [5, 5.41) is 2.99. The summed E-state index contributed by atoms with van der Waals surface area (Å²) < 4.78 is 29.2. The van der Waals surface area contributed by atoms with Crippen LogP contribution < -0.4 is 19.5 Å². The number of nitrogens with zero attached hydrogens (tertiary/aromatic N) is 1. The van der Waals surface area contributed by atoms with E-state index in [1.54, 1.807) is 18.2 Å². The molecule has 2 aromatic carbocycles. The quantitative estimate of drug-likeness (QED) is 0.719. The third-order valence-corrected chi connectivity index (χ3v) is 5.30. The van der Waals surface area contributed by atoms with E-state index in [9.17, 15) is 9.18 Å². The van der Waals surface area contributed by atoms with Crippen LogP contribution in [0.25, 0.3) is 0 Å². The molecule has 0 spiro atoms. The van der Waals surface area contributed by atoms with Gasteiger partial charge in [0.2, 0.25) is 12.7 Å². The van der Waals surface area contributed by atoms with E-state index in [2.05, 4.69) is 10.2 Å². The van der Waals surface area contributed by atoms with E-state index in [4.69, 9.17) is 14.2 Å². The summed E-state index contributed by atoms with van der Waals surface area (Å²) in [5.74, 6) is 1.88. The number of fused-ring (bicyclic) bond motifs is 1. The number of carbonyl (C=O) groups excluding carboxylic acids is 1. The summed E-state index contributed by atoms with van der Waals surface area (Å²) in [7, 11) is 0. The molecule has 6 nitrogen and oxygen atoms in total. The van der Waals surface area contributed by atoms with Crippen LogP contribution in [0.2, 0.25) is 0 Å². The minimum Gasteiger partial charge on any atom is -0.494 e. The van der Waals surface area contributed by atoms with Gasteiger partial charge in [0, 0.05) is 24.2 Å². The molecule has 2 aliphatic rings. The maximum Gasteiger partial charge on any atom is 0.231 e. The van der Waals surface area contributed by atoms with Gasteiger partial charge in [0.15, 0.2) is 11.5 Å². The van der Waals surface area contributed by atoms with E-state index in [0.29, 0.717) is 23.9 Å². The van der Waals surface area contributed by atoms with Gasteiger partial charge in [0.1, 0.15) is 11.6 Å². The summed E-state index contributed by atoms with van der Waals surface area (Å²) >= 11 is 0. The molecule has 1 saturated heterocycles. The lowest BCUT2D eigenvalue weighted by molar-refractivity contribution is -0.121. The molecule has 2 heterocycles. The second kappa shape index (κ2) is 9.13. The normalized spacial score (nSPS) is 16.6. The molecule has 2 aliphatic heterocycles. The van der Waals surface area contributed by atoms with E-state index in [1.807, 2.05) is 12.1 Å². The molecule has 0 saturated carbocycles. The number of amides is 1. The van der Waals surface area contributed by atoms with E-state index in [1.165, 1.54) is 12.1 Å². The summed E-state index contributed by atoms with van der Waals surface area (Å²) in [6.45, 7) is 3.54. The molecule has 1 N–H and O–H groups in total. The maximum absolute atomic E-state index is 12.9. The highest BCUT2D eigenvalue weighted by atomic mass is 19.1. The number of hydrogen-bond donors (Lipinski definition) is 1. The lowest BCUT2D eigenvalue weighted by Gasteiger charge is -2.31. The molecule has 7 heteroatoms. The van der Waals surface area contributed by atoms with Gasteiger partial charge in [0.25, 0.3) is 0 Å². The van der Waals surface area contributed by atoms with Gasteiger partial charge in [0.05, 0.1) is 6.61 Å². The molecular formula is C22H25FN2O4. The number of halogens is 1. The van der Waals surface area contributed by atoms with Gasteiger partial charge in [-0.25, -0.2) is 4.39 Å². The predicted molar refractivity (Wildman–Crippen MR) is 107 cm³/mol. The Morgan fingerprint density at radius 3 is 2.66 bits per heavy atom. The van der Waals surface area contributed by atoms with Crippen molar-refractivity contribution in [2.24, 2.45) is 5.92 Å². The van der Waals surface area contributed by atoms with Crippen molar-refractivity contribution in [1.29, 1.82) is 0 Å². The van der Waals surface area contributed by atoms with Crippen LogP contribution in [0.4, 0.5) is 10.1 Å². The zero-order valence-corrected chi connectivity index (χ0v) is 16.2. The maximum atomic E-state index is 12.9. The summed E-state index contributed by atoms with van der Waals surface area (Å²) in [6, 6.07) is 11.5. The molecular weight excluding hydrogens is 375 g/mol. The Kier molecular flexibility index (Phi) is 6.14. The summed E-state index contributed by atoms with van der Waals surface area (Å²) in [6.07, 6.45) is 2.58. The van der Waals surface area contributed by atoms with Crippen LogP contribution in [0.1, 0.15) is 19.3 Å². The minimum absolute atomic E-state index is 0.0205. The highest BCUT2D eigenvalue weighted by Crippen LogP contribution is 2.34. The van der Waals surface area contributed by atoms with Crippen molar-refractivity contribution in [1.82, 2.24) is 4.90 Å². The van der Waals surface area contributed by atoms with E-state index < -0.39 is 0 Å². The Bertz CT molecular complexity index is 835. The van der Waals surface area contributed by atoms with E-state index >= 15 is 0 Å². The lowest BCUT2D eigenvalue weighted by Crippen LogP contribution is -2.38. The largest absolute Gasteiger partial charge is 0.494 e. The first kappa shape index (κ1) is 19.5. The Morgan fingerprint density at radius 1 is 1.10 bits per heavy atom. The number of hydrogen-bond acceptors (Lipinski definition) is 5. The van der Waals surface area contributed by atoms with Crippen molar-refractivity contribution in [2.45, 2.75) is 19.3 Å². The Hall–Kier alpha value is -2.80. The van der Waals surface area contributed by atoms with Crippen LogP contribution in [0, 0.1) is 11.7 Å². The van der Waals surface area contributed by atoms with Crippen molar-refractivity contribution in [2.75, 3.05) is 38.4 Å². The fourth-order valence-corrected chi connectivity index (χ4v) is 3.65. The van der Waals surface area contributed by atoms with E-state index in [0.717, 1.165) is 44.6 Å². The van der Waals surface area contributed by atoms with Gasteiger partial charge < -0.3 is 24.4 Å². The summed E-state index contributed by atoms with van der Waals surface area (Å²) in [5.41, 5.74) is 0.736. The van der Waals surface area contributed by atoms with Gasteiger partial charge in [-0.1, -0.05) is 0 Å². The number of carbonyl (C=O) groups is 1. The molecule has 1 amide bonds. The molecule has 1 fully saturated rings. The average molecular weight is 400 g/mol. The third kappa shape index (κ3) is 5.17. The first-order valence-corrected chi connectivity index (χ1v) is 9.98. The van der Waals surface area contributed by atoms with E-state index in [-0.39, 0.29) is 24.4 Å². The molecule has 154 valence electrons. The molecule has 0 aromatic heterocycles. The monoisotopic (exact) mass is 400 g/mol. The number of benzene rings is 2. The molecule has 0 bridgehead atoms. The molecule has 0 unspecified atom stereocenters. The van der Waals surface area contributed by atoms with Gasteiger partial charge >= 0.3 is 0 Å². The molecule has 2 aromatic rings. The first-order chi connectivity index (χ1) is 14.2. The number of piperidine rings is 1. The Morgan fingerprint density at radius 2 is 1.86 bits per heavy atom. The Balaban J connectivity index is 1.15. The van der Waals surface area contributed by atoms with Crippen molar-refractivity contribution < 1.29 is 23.4 Å². The number of anilines is 1. The zero-order chi connectivity index (χ0) is 20.1. The molecule has 0 aliphatic carbocycles. The minimum atomic E-state index is -0.261. The highest BCUT2D eigenvalue weighted by Gasteiger charge is 2.25. The molecule has 4 rings (SSSR count). The fraction of sp³-hybridized carbons (Fsp3) is 0.409. The zero-order valence-electron chi connectivity index (χ0n) is 16.2. The SMILES string of the molecule is O=C(Nc1ccc2c(c1)OCO2)C1CCN(CCCOc2ccc(F)cc2)CC1. The van der Waals surface area contributed by atoms with Crippen LogP contribution in [0.5, 0.6) is 17.2 Å².